The normalized spacial score (nSPS) is 11.1. The van der Waals surface area contributed by atoms with Crippen LogP contribution in [0.15, 0.2) is 76.8 Å². The average Bonchev–Trinajstić information content (AvgIpc) is 3.38. The Morgan fingerprint density at radius 3 is 2.46 bits per heavy atom. The average molecular weight is 484 g/mol. The van der Waals surface area contributed by atoms with Crippen LogP contribution in [0.3, 0.4) is 0 Å². The molecule has 7 nitrogen and oxygen atoms in total. The standard InChI is InChI=1S/C27H25N5O2S/c1-16-24(17(2)29-25(16)27(33)32(3)4)26-30-20-14-22(34-18-8-6-5-7-9-18)23(15-21(20)31-26)35-19-10-12-28-13-11-19/h5-15,29H,1-4H3,(H,30,31). The smallest absolute Gasteiger partial charge is 0.270 e. The molecular formula is C27H25N5O2S. The van der Waals surface area contributed by atoms with E-state index in [-0.39, 0.29) is 5.91 Å². The van der Waals surface area contributed by atoms with Gasteiger partial charge in [-0.05, 0) is 49.7 Å². The van der Waals surface area contributed by atoms with Gasteiger partial charge in [0.25, 0.3) is 5.91 Å². The molecule has 0 fully saturated rings. The highest BCUT2D eigenvalue weighted by Crippen LogP contribution is 2.40. The van der Waals surface area contributed by atoms with Crippen LogP contribution in [-0.4, -0.2) is 44.8 Å². The summed E-state index contributed by atoms with van der Waals surface area (Å²) in [7, 11) is 3.49. The number of imidazole rings is 1. The summed E-state index contributed by atoms with van der Waals surface area (Å²) in [5.74, 6) is 2.13. The molecule has 176 valence electrons. The lowest BCUT2D eigenvalue weighted by Gasteiger charge is -2.11. The summed E-state index contributed by atoms with van der Waals surface area (Å²) in [6.07, 6.45) is 3.55. The number of fused-ring (bicyclic) bond motifs is 1. The molecule has 5 rings (SSSR count). The van der Waals surface area contributed by atoms with Crippen molar-refractivity contribution in [3.63, 3.8) is 0 Å². The van der Waals surface area contributed by atoms with Crippen LogP contribution in [0, 0.1) is 13.8 Å². The van der Waals surface area contributed by atoms with Crippen molar-refractivity contribution in [3.8, 4) is 22.9 Å². The number of nitrogens with one attached hydrogen (secondary N) is 2. The van der Waals surface area contributed by atoms with Crippen molar-refractivity contribution in [1.82, 2.24) is 24.8 Å². The molecule has 0 saturated carbocycles. The topological polar surface area (TPSA) is 86.9 Å². The summed E-state index contributed by atoms with van der Waals surface area (Å²) in [6.45, 7) is 3.90. The summed E-state index contributed by atoms with van der Waals surface area (Å²) in [4.78, 5) is 31.9. The first-order valence-corrected chi connectivity index (χ1v) is 12.0. The SMILES string of the molecule is Cc1[nH]c(C(=O)N(C)C)c(C)c1-c1nc2cc(Sc3ccncc3)c(Oc3ccccc3)cc2[nH]1. The number of carbonyl (C=O) groups excluding carboxylic acids is 1. The Morgan fingerprint density at radius 1 is 1.00 bits per heavy atom. The van der Waals surface area contributed by atoms with Gasteiger partial charge in [0, 0.05) is 48.7 Å². The maximum atomic E-state index is 12.6. The Balaban J connectivity index is 1.60. The molecule has 0 bridgehead atoms. The van der Waals surface area contributed by atoms with E-state index < -0.39 is 0 Å². The molecule has 0 unspecified atom stereocenters. The maximum Gasteiger partial charge on any atom is 0.270 e. The van der Waals surface area contributed by atoms with Crippen LogP contribution >= 0.6 is 11.8 Å². The third kappa shape index (κ3) is 4.52. The van der Waals surface area contributed by atoms with Crippen molar-refractivity contribution in [1.29, 1.82) is 0 Å². The lowest BCUT2D eigenvalue weighted by Crippen LogP contribution is -2.22. The number of hydrogen-bond acceptors (Lipinski definition) is 5. The maximum absolute atomic E-state index is 12.6. The summed E-state index contributed by atoms with van der Waals surface area (Å²) in [6, 6.07) is 17.6. The number of rotatable bonds is 6. The summed E-state index contributed by atoms with van der Waals surface area (Å²) in [5, 5.41) is 0. The number of amides is 1. The summed E-state index contributed by atoms with van der Waals surface area (Å²) in [5.41, 5.74) is 4.90. The van der Waals surface area contributed by atoms with Crippen LogP contribution in [0.5, 0.6) is 11.5 Å². The van der Waals surface area contributed by atoms with E-state index in [4.69, 9.17) is 9.72 Å². The van der Waals surface area contributed by atoms with Gasteiger partial charge >= 0.3 is 0 Å². The monoisotopic (exact) mass is 483 g/mol. The van der Waals surface area contributed by atoms with Crippen molar-refractivity contribution in [2.45, 2.75) is 23.6 Å². The van der Waals surface area contributed by atoms with E-state index in [2.05, 4.69) is 15.0 Å². The fraction of sp³-hybridized carbons (Fsp3) is 0.148. The molecule has 3 heterocycles. The predicted octanol–water partition coefficient (Wildman–Crippen LogP) is 6.22. The Labute approximate surface area is 207 Å². The first-order valence-electron chi connectivity index (χ1n) is 11.2. The molecule has 1 amide bonds. The first kappa shape index (κ1) is 22.7. The molecule has 0 atom stereocenters. The molecule has 0 aliphatic carbocycles. The lowest BCUT2D eigenvalue weighted by atomic mass is 10.1. The number of ether oxygens (including phenoxy) is 1. The lowest BCUT2D eigenvalue weighted by molar-refractivity contribution is 0.0822. The van der Waals surface area contributed by atoms with E-state index in [1.807, 2.05) is 68.4 Å². The van der Waals surface area contributed by atoms with E-state index in [1.54, 1.807) is 43.2 Å². The minimum absolute atomic E-state index is 0.0671. The van der Waals surface area contributed by atoms with Crippen LogP contribution in [0.2, 0.25) is 0 Å². The first-order chi connectivity index (χ1) is 16.9. The van der Waals surface area contributed by atoms with Crippen molar-refractivity contribution in [2.24, 2.45) is 0 Å². The number of pyridine rings is 1. The molecule has 0 aliphatic rings. The molecule has 2 N–H and O–H groups in total. The van der Waals surface area contributed by atoms with Crippen LogP contribution < -0.4 is 4.74 Å². The van der Waals surface area contributed by atoms with Gasteiger partial charge in [-0.2, -0.15) is 0 Å². The fourth-order valence-electron chi connectivity index (χ4n) is 3.99. The number of aromatic nitrogens is 4. The number of para-hydroxylation sites is 1. The van der Waals surface area contributed by atoms with Gasteiger partial charge < -0.3 is 19.6 Å². The van der Waals surface area contributed by atoms with Crippen LogP contribution in [0.25, 0.3) is 22.4 Å². The third-order valence-corrected chi connectivity index (χ3v) is 6.74. The quantitative estimate of drug-likeness (QED) is 0.300. The van der Waals surface area contributed by atoms with Gasteiger partial charge in [0.15, 0.2) is 0 Å². The van der Waals surface area contributed by atoms with Crippen molar-refractivity contribution < 1.29 is 9.53 Å². The molecule has 0 saturated heterocycles. The van der Waals surface area contributed by atoms with E-state index in [1.165, 1.54) is 0 Å². The molecule has 0 radical (unpaired) electrons. The largest absolute Gasteiger partial charge is 0.456 e. The second-order valence-corrected chi connectivity index (χ2v) is 9.54. The highest BCUT2D eigenvalue weighted by atomic mass is 32.2. The number of benzene rings is 2. The molecule has 35 heavy (non-hydrogen) atoms. The Morgan fingerprint density at radius 2 is 1.74 bits per heavy atom. The molecule has 0 spiro atoms. The van der Waals surface area contributed by atoms with E-state index in [0.717, 1.165) is 49.1 Å². The zero-order valence-electron chi connectivity index (χ0n) is 19.9. The Kier molecular flexibility index (Phi) is 6.05. The second-order valence-electron chi connectivity index (χ2n) is 8.43. The number of aryl methyl sites for hydroxylation is 1. The summed E-state index contributed by atoms with van der Waals surface area (Å²) < 4.78 is 6.27. The molecule has 5 aromatic rings. The van der Waals surface area contributed by atoms with Crippen molar-refractivity contribution in [3.05, 3.63) is 83.9 Å². The summed E-state index contributed by atoms with van der Waals surface area (Å²) >= 11 is 1.60. The molecular weight excluding hydrogens is 458 g/mol. The highest BCUT2D eigenvalue weighted by molar-refractivity contribution is 7.99. The molecule has 8 heteroatoms. The van der Waals surface area contributed by atoms with Gasteiger partial charge in [-0.1, -0.05) is 30.0 Å². The molecule has 0 aliphatic heterocycles. The van der Waals surface area contributed by atoms with Gasteiger partial charge in [0.05, 0.1) is 15.9 Å². The van der Waals surface area contributed by atoms with E-state index in [9.17, 15) is 4.79 Å². The number of aromatic amines is 2. The van der Waals surface area contributed by atoms with Gasteiger partial charge in [-0.15, -0.1) is 0 Å². The molecule has 3 aromatic heterocycles. The zero-order valence-corrected chi connectivity index (χ0v) is 20.7. The van der Waals surface area contributed by atoms with E-state index >= 15 is 0 Å². The predicted molar refractivity (Wildman–Crippen MR) is 138 cm³/mol. The van der Waals surface area contributed by atoms with Gasteiger partial charge in [-0.3, -0.25) is 9.78 Å². The van der Waals surface area contributed by atoms with Crippen LogP contribution in [0.1, 0.15) is 21.7 Å². The third-order valence-electron chi connectivity index (χ3n) is 5.69. The van der Waals surface area contributed by atoms with Crippen molar-refractivity contribution in [2.75, 3.05) is 14.1 Å². The van der Waals surface area contributed by atoms with Crippen LogP contribution in [0.4, 0.5) is 0 Å². The second kappa shape index (κ2) is 9.31. The minimum atomic E-state index is -0.0671. The van der Waals surface area contributed by atoms with Gasteiger partial charge in [0.1, 0.15) is 23.0 Å². The number of H-pyrrole nitrogens is 2. The van der Waals surface area contributed by atoms with E-state index in [0.29, 0.717) is 11.5 Å². The zero-order chi connectivity index (χ0) is 24.5. The van der Waals surface area contributed by atoms with Crippen molar-refractivity contribution >= 4 is 28.7 Å². The fourth-order valence-corrected chi connectivity index (χ4v) is 4.87. The van der Waals surface area contributed by atoms with Gasteiger partial charge in [-0.25, -0.2) is 4.98 Å². The number of nitrogens with zero attached hydrogens (tertiary/aromatic N) is 3. The van der Waals surface area contributed by atoms with Gasteiger partial charge in [0.2, 0.25) is 0 Å². The van der Waals surface area contributed by atoms with Crippen LogP contribution in [-0.2, 0) is 0 Å². The Hall–Kier alpha value is -4.04. The highest BCUT2D eigenvalue weighted by Gasteiger charge is 2.22. The minimum Gasteiger partial charge on any atom is -0.456 e. The molecule has 2 aromatic carbocycles. The number of carbonyl (C=O) groups is 1. The number of hydrogen-bond donors (Lipinski definition) is 2. The Bertz CT molecular complexity index is 1430.